The first-order valence-corrected chi connectivity index (χ1v) is 6.87. The summed E-state index contributed by atoms with van der Waals surface area (Å²) in [5.41, 5.74) is 0.0717. The second-order valence-electron chi connectivity index (χ2n) is 5.30. The van der Waals surface area contributed by atoms with Crippen molar-refractivity contribution in [3.05, 3.63) is 18.0 Å². The molecule has 0 saturated heterocycles. The van der Waals surface area contributed by atoms with E-state index in [4.69, 9.17) is 0 Å². The molecule has 0 aliphatic heterocycles. The normalized spacial score (nSPS) is 15.1. The van der Waals surface area contributed by atoms with Gasteiger partial charge in [0.1, 0.15) is 5.82 Å². The van der Waals surface area contributed by atoms with Crippen LogP contribution >= 0.6 is 0 Å². The average Bonchev–Trinajstić information content (AvgIpc) is 2.81. The molecule has 2 heterocycles. The third-order valence-corrected chi connectivity index (χ3v) is 3.36. The van der Waals surface area contributed by atoms with E-state index in [0.717, 1.165) is 17.4 Å². The van der Waals surface area contributed by atoms with Crippen molar-refractivity contribution in [1.29, 1.82) is 0 Å². The summed E-state index contributed by atoms with van der Waals surface area (Å²) in [7, 11) is 0. The van der Waals surface area contributed by atoms with E-state index in [1.165, 1.54) is 6.07 Å². The summed E-state index contributed by atoms with van der Waals surface area (Å²) < 4.78 is 39.1. The van der Waals surface area contributed by atoms with E-state index in [1.54, 1.807) is 6.07 Å². The average molecular weight is 301 g/mol. The molecular weight excluding hydrogens is 283 g/mol. The van der Waals surface area contributed by atoms with Gasteiger partial charge in [-0.15, -0.1) is 15.3 Å². The first kappa shape index (κ1) is 15.5. The molecule has 0 aromatic carbocycles. The van der Waals surface area contributed by atoms with E-state index in [0.29, 0.717) is 11.7 Å². The molecule has 2 rings (SSSR count). The first-order valence-electron chi connectivity index (χ1n) is 6.87. The molecule has 0 aliphatic carbocycles. The smallest absolute Gasteiger partial charge is 0.366 e. The zero-order chi connectivity index (χ0) is 15.6. The molecule has 0 amide bonds. The van der Waals surface area contributed by atoms with Gasteiger partial charge in [0, 0.05) is 6.04 Å². The lowest BCUT2D eigenvalue weighted by atomic mass is 10.0. The van der Waals surface area contributed by atoms with E-state index in [1.807, 2.05) is 6.92 Å². The van der Waals surface area contributed by atoms with Crippen LogP contribution in [0.2, 0.25) is 0 Å². The molecule has 2 aromatic heterocycles. The molecule has 2 unspecified atom stereocenters. The third kappa shape index (κ3) is 3.62. The lowest BCUT2D eigenvalue weighted by Crippen LogP contribution is -2.20. The summed E-state index contributed by atoms with van der Waals surface area (Å²) in [5, 5.41) is 13.7. The second-order valence-corrected chi connectivity index (χ2v) is 5.30. The van der Waals surface area contributed by atoms with Crippen LogP contribution in [-0.4, -0.2) is 25.9 Å². The Morgan fingerprint density at radius 3 is 2.57 bits per heavy atom. The van der Waals surface area contributed by atoms with Crippen LogP contribution in [0.5, 0.6) is 0 Å². The van der Waals surface area contributed by atoms with Crippen molar-refractivity contribution in [2.75, 3.05) is 5.32 Å². The molecule has 2 aromatic rings. The number of rotatable bonds is 5. The van der Waals surface area contributed by atoms with Crippen LogP contribution < -0.4 is 5.32 Å². The highest BCUT2D eigenvalue weighted by Crippen LogP contribution is 2.27. The summed E-state index contributed by atoms with van der Waals surface area (Å²) in [6, 6.07) is 3.20. The zero-order valence-corrected chi connectivity index (χ0v) is 12.1. The lowest BCUT2D eigenvalue weighted by Gasteiger charge is -2.18. The molecule has 1 N–H and O–H groups in total. The van der Waals surface area contributed by atoms with Crippen molar-refractivity contribution >= 4 is 11.5 Å². The van der Waals surface area contributed by atoms with Gasteiger partial charge in [-0.05, 0) is 31.4 Å². The van der Waals surface area contributed by atoms with Crippen molar-refractivity contribution in [3.8, 4) is 0 Å². The van der Waals surface area contributed by atoms with Gasteiger partial charge in [0.05, 0.1) is 0 Å². The zero-order valence-electron chi connectivity index (χ0n) is 12.1. The van der Waals surface area contributed by atoms with Crippen molar-refractivity contribution in [3.63, 3.8) is 0 Å². The molecule has 8 heteroatoms. The summed E-state index contributed by atoms with van der Waals surface area (Å²) in [4.78, 5) is 0. The maximum absolute atomic E-state index is 12.8. The molecular formula is C13H18F3N5. The van der Waals surface area contributed by atoms with Crippen LogP contribution in [0, 0.1) is 5.92 Å². The number of fused-ring (bicyclic) bond motifs is 1. The van der Waals surface area contributed by atoms with E-state index in [9.17, 15) is 13.2 Å². The minimum absolute atomic E-state index is 0.0717. The second kappa shape index (κ2) is 5.87. The molecule has 0 saturated carbocycles. The monoisotopic (exact) mass is 301 g/mol. The topological polar surface area (TPSA) is 55.1 Å². The van der Waals surface area contributed by atoms with E-state index in [2.05, 4.69) is 34.5 Å². The minimum Gasteiger partial charge on any atom is -0.366 e. The highest BCUT2D eigenvalue weighted by Gasteiger charge is 2.37. The molecule has 116 valence electrons. The number of nitrogens with zero attached hydrogens (tertiary/aromatic N) is 4. The standard InChI is InChI=1S/C13H18F3N5/c1-4-8(2)7-9(3)17-10-5-6-11-18-19-12(13(14,15)16)21(11)20-10/h5-6,8-9H,4,7H2,1-3H3,(H,17,20). The molecule has 0 fully saturated rings. The summed E-state index contributed by atoms with van der Waals surface area (Å²) in [5.74, 6) is -0.198. The highest BCUT2D eigenvalue weighted by molar-refractivity contribution is 5.44. The Morgan fingerprint density at radius 1 is 1.24 bits per heavy atom. The number of aromatic nitrogens is 4. The Bertz CT molecular complexity index is 607. The predicted octanol–water partition coefficient (Wildman–Crippen LogP) is 3.38. The van der Waals surface area contributed by atoms with Crippen LogP contribution in [0.4, 0.5) is 19.0 Å². The van der Waals surface area contributed by atoms with Gasteiger partial charge < -0.3 is 5.32 Å². The molecule has 21 heavy (non-hydrogen) atoms. The number of halogens is 3. The number of alkyl halides is 3. The molecule has 0 spiro atoms. The lowest BCUT2D eigenvalue weighted by molar-refractivity contribution is -0.146. The third-order valence-electron chi connectivity index (χ3n) is 3.36. The Kier molecular flexibility index (Phi) is 4.34. The van der Waals surface area contributed by atoms with Gasteiger partial charge in [0.25, 0.3) is 5.82 Å². The van der Waals surface area contributed by atoms with E-state index in [-0.39, 0.29) is 11.7 Å². The van der Waals surface area contributed by atoms with Gasteiger partial charge in [-0.2, -0.15) is 17.7 Å². The Balaban J connectivity index is 2.22. The number of hydrogen-bond donors (Lipinski definition) is 1. The minimum atomic E-state index is -4.58. The Morgan fingerprint density at radius 2 is 1.95 bits per heavy atom. The maximum Gasteiger partial charge on any atom is 0.453 e. The van der Waals surface area contributed by atoms with Crippen LogP contribution in [0.25, 0.3) is 5.65 Å². The first-order chi connectivity index (χ1) is 9.81. The molecule has 0 aliphatic rings. The summed E-state index contributed by atoms with van der Waals surface area (Å²) in [6.07, 6.45) is -2.60. The van der Waals surface area contributed by atoms with Gasteiger partial charge in [-0.3, -0.25) is 0 Å². The molecule has 0 bridgehead atoms. The molecule has 5 nitrogen and oxygen atoms in total. The van der Waals surface area contributed by atoms with Crippen molar-refractivity contribution in [2.24, 2.45) is 5.92 Å². The fourth-order valence-electron chi connectivity index (χ4n) is 2.12. The van der Waals surface area contributed by atoms with E-state index < -0.39 is 12.0 Å². The van der Waals surface area contributed by atoms with Crippen LogP contribution in [0.3, 0.4) is 0 Å². The predicted molar refractivity (Wildman–Crippen MR) is 72.9 cm³/mol. The van der Waals surface area contributed by atoms with Crippen molar-refractivity contribution < 1.29 is 13.2 Å². The van der Waals surface area contributed by atoms with Gasteiger partial charge >= 0.3 is 6.18 Å². The Hall–Kier alpha value is -1.86. The largest absolute Gasteiger partial charge is 0.453 e. The highest BCUT2D eigenvalue weighted by atomic mass is 19.4. The van der Waals surface area contributed by atoms with Gasteiger partial charge in [-0.1, -0.05) is 20.3 Å². The number of hydrogen-bond acceptors (Lipinski definition) is 4. The number of anilines is 1. The number of nitrogens with one attached hydrogen (secondary N) is 1. The quantitative estimate of drug-likeness (QED) is 0.920. The van der Waals surface area contributed by atoms with Gasteiger partial charge in [-0.25, -0.2) is 0 Å². The fraction of sp³-hybridized carbons (Fsp3) is 0.615. The fourth-order valence-corrected chi connectivity index (χ4v) is 2.12. The summed E-state index contributed by atoms with van der Waals surface area (Å²) >= 11 is 0. The van der Waals surface area contributed by atoms with Gasteiger partial charge in [0.15, 0.2) is 5.65 Å². The molecule has 2 atom stereocenters. The van der Waals surface area contributed by atoms with Crippen LogP contribution in [-0.2, 0) is 6.18 Å². The maximum atomic E-state index is 12.8. The molecule has 0 radical (unpaired) electrons. The Labute approximate surface area is 120 Å². The van der Waals surface area contributed by atoms with Crippen LogP contribution in [0.15, 0.2) is 12.1 Å². The van der Waals surface area contributed by atoms with Crippen molar-refractivity contribution in [1.82, 2.24) is 19.8 Å². The SMILES string of the molecule is CCC(C)CC(C)Nc1ccc2nnc(C(F)(F)F)n2n1. The van der Waals surface area contributed by atoms with Crippen molar-refractivity contribution in [2.45, 2.75) is 45.8 Å². The summed E-state index contributed by atoms with van der Waals surface area (Å²) in [6.45, 7) is 6.22. The van der Waals surface area contributed by atoms with Crippen LogP contribution in [0.1, 0.15) is 39.4 Å². The van der Waals surface area contributed by atoms with E-state index >= 15 is 0 Å². The van der Waals surface area contributed by atoms with Gasteiger partial charge in [0.2, 0.25) is 0 Å².